The summed E-state index contributed by atoms with van der Waals surface area (Å²) >= 11 is 0. The quantitative estimate of drug-likeness (QED) is 0.152. The molecule has 9 rings (SSSR count). The smallest absolute Gasteiger partial charge is 0.170 e. The summed E-state index contributed by atoms with van der Waals surface area (Å²) in [6.45, 7) is 2.40. The number of hydrogen-bond donors (Lipinski definition) is 0. The molecule has 3 heterocycles. The first-order valence-corrected chi connectivity index (χ1v) is 17.3. The van der Waals surface area contributed by atoms with Gasteiger partial charge < -0.3 is 33.3 Å². The summed E-state index contributed by atoms with van der Waals surface area (Å²) in [5.41, 5.74) is 3.07. The van der Waals surface area contributed by atoms with Crippen molar-refractivity contribution in [3.63, 3.8) is 0 Å². The van der Waals surface area contributed by atoms with Crippen LogP contribution in [0.15, 0.2) is 84.9 Å². The van der Waals surface area contributed by atoms with Crippen LogP contribution in [0.5, 0.6) is 46.0 Å². The number of fused-ring (bicyclic) bond motifs is 2. The predicted octanol–water partition coefficient (Wildman–Crippen LogP) is 7.12. The first-order valence-electron chi connectivity index (χ1n) is 14.8. The van der Waals surface area contributed by atoms with Crippen molar-refractivity contribution in [2.75, 3.05) is 33.3 Å². The van der Waals surface area contributed by atoms with Crippen molar-refractivity contribution in [3.8, 4) is 46.0 Å². The Morgan fingerprint density at radius 1 is 0.511 bits per heavy atom. The summed E-state index contributed by atoms with van der Waals surface area (Å²) in [5, 5.41) is 7.63. The maximum Gasteiger partial charge on any atom is 0.170 e. The van der Waals surface area contributed by atoms with E-state index in [1.54, 1.807) is 28.4 Å². The lowest BCUT2D eigenvalue weighted by atomic mass is 9.97. The average Bonchev–Trinajstić information content (AvgIpc) is 3.06. The summed E-state index contributed by atoms with van der Waals surface area (Å²) in [7, 11) is 4.06. The number of rotatable bonds is 5. The largest absolute Gasteiger partial charge is 0.497 e. The Morgan fingerprint density at radius 3 is 1.33 bits per heavy atom. The molecule has 6 aromatic rings. The van der Waals surface area contributed by atoms with E-state index in [9.17, 15) is 0 Å². The average molecular weight is 612 g/mol. The van der Waals surface area contributed by atoms with Gasteiger partial charge in [0.2, 0.25) is 0 Å². The Kier molecular flexibility index (Phi) is 5.27. The summed E-state index contributed by atoms with van der Waals surface area (Å²) in [5.74, 6) is 6.02. The summed E-state index contributed by atoms with van der Waals surface area (Å²) in [4.78, 5) is 2.35. The highest BCUT2D eigenvalue weighted by Crippen LogP contribution is 2.54. The first kappa shape index (κ1) is 26.1. The van der Waals surface area contributed by atoms with Gasteiger partial charge in [-0.25, -0.2) is 0 Å². The second kappa shape index (κ2) is 9.09. The van der Waals surface area contributed by atoms with Crippen LogP contribution in [-0.2, 0) is 0 Å². The van der Waals surface area contributed by atoms with Crippen LogP contribution < -0.4 is 48.9 Å². The van der Waals surface area contributed by atoms with E-state index in [1.807, 2.05) is 24.3 Å². The molecule has 0 spiro atoms. The topological polar surface area (TPSA) is 58.6 Å². The normalized spacial score (nSPS) is 14.4. The fourth-order valence-corrected chi connectivity index (χ4v) is 12.4. The van der Waals surface area contributed by atoms with Crippen LogP contribution in [0.1, 0.15) is 0 Å². The van der Waals surface area contributed by atoms with Crippen molar-refractivity contribution >= 4 is 62.2 Å². The predicted molar refractivity (Wildman–Crippen MR) is 179 cm³/mol. The molecule has 0 N–H and O–H groups in total. The van der Waals surface area contributed by atoms with Gasteiger partial charge in [0.05, 0.1) is 45.5 Å². The Bertz CT molecular complexity index is 2120. The zero-order valence-corrected chi connectivity index (χ0v) is 26.5. The van der Waals surface area contributed by atoms with Crippen LogP contribution in [0, 0.1) is 0 Å². The Morgan fingerprint density at radius 2 is 0.911 bits per heavy atom. The third-order valence-corrected chi connectivity index (χ3v) is 14.1. The second-order valence-electron chi connectivity index (χ2n) is 11.7. The fraction of sp³-hybridized carbons (Fsp3) is 0.135. The highest BCUT2D eigenvalue weighted by atomic mass is 28.3. The van der Waals surface area contributed by atoms with Crippen molar-refractivity contribution in [2.24, 2.45) is 0 Å². The van der Waals surface area contributed by atoms with Gasteiger partial charge in [0.15, 0.2) is 8.07 Å². The van der Waals surface area contributed by atoms with E-state index in [-0.39, 0.29) is 0 Å². The standard InChI is InChI=1S/C37H29NO6Si/c1-39-20-14-27-35-29(16-20)43-31-18-22(41-3)19-32-37(31)45(35,5)36-28(15-21(40-2)17-30(36)44-32)38(27)33-23-10-6-8-12-25(23)34(42-4)26-13-9-7-11-24(26)33/h6-19H,1-5H3. The van der Waals surface area contributed by atoms with Crippen LogP contribution in [0.4, 0.5) is 17.1 Å². The molecule has 0 saturated carbocycles. The molecule has 0 unspecified atom stereocenters. The highest BCUT2D eigenvalue weighted by molar-refractivity contribution is 7.14. The molecule has 7 nitrogen and oxygen atoms in total. The van der Waals surface area contributed by atoms with Gasteiger partial charge in [0, 0.05) is 73.5 Å². The van der Waals surface area contributed by atoms with Crippen molar-refractivity contribution in [3.05, 3.63) is 84.9 Å². The van der Waals surface area contributed by atoms with E-state index in [1.165, 1.54) is 10.4 Å². The van der Waals surface area contributed by atoms with Crippen molar-refractivity contribution in [2.45, 2.75) is 6.55 Å². The highest BCUT2D eigenvalue weighted by Gasteiger charge is 2.56. The number of nitrogens with zero attached hydrogens (tertiary/aromatic N) is 1. The minimum absolute atomic E-state index is 0.674. The second-order valence-corrected chi connectivity index (χ2v) is 15.4. The molecule has 3 aliphatic rings. The van der Waals surface area contributed by atoms with Crippen LogP contribution in [0.25, 0.3) is 21.5 Å². The van der Waals surface area contributed by atoms with Crippen LogP contribution >= 0.6 is 0 Å². The number of methoxy groups -OCH3 is 4. The van der Waals surface area contributed by atoms with E-state index in [2.05, 4.69) is 72.1 Å². The molecule has 222 valence electrons. The molecule has 0 amide bonds. The molecule has 0 fully saturated rings. The van der Waals surface area contributed by atoms with Crippen molar-refractivity contribution in [1.82, 2.24) is 0 Å². The Labute approximate surface area is 261 Å². The van der Waals surface area contributed by atoms with Gasteiger partial charge in [-0.3, -0.25) is 0 Å². The molecule has 8 heteroatoms. The lowest BCUT2D eigenvalue weighted by Gasteiger charge is -2.49. The third kappa shape index (κ3) is 3.24. The lowest BCUT2D eigenvalue weighted by molar-refractivity contribution is 0.397. The summed E-state index contributed by atoms with van der Waals surface area (Å²) in [6.07, 6.45) is 0. The molecule has 0 atom stereocenters. The zero-order chi connectivity index (χ0) is 30.6. The molecule has 6 aromatic carbocycles. The van der Waals surface area contributed by atoms with Gasteiger partial charge >= 0.3 is 0 Å². The van der Waals surface area contributed by atoms with Gasteiger partial charge in [-0.1, -0.05) is 55.1 Å². The fourth-order valence-electron chi connectivity index (χ4n) is 7.75. The molecule has 0 aromatic heterocycles. The minimum atomic E-state index is -2.72. The Hall–Kier alpha value is -5.34. The zero-order valence-electron chi connectivity index (χ0n) is 25.5. The van der Waals surface area contributed by atoms with Gasteiger partial charge in [-0.05, 0) is 0 Å². The monoisotopic (exact) mass is 611 g/mol. The minimum Gasteiger partial charge on any atom is -0.497 e. The van der Waals surface area contributed by atoms with E-state index in [0.29, 0.717) is 17.2 Å². The molecule has 0 saturated heterocycles. The molecule has 45 heavy (non-hydrogen) atoms. The van der Waals surface area contributed by atoms with Gasteiger partial charge in [0.1, 0.15) is 46.0 Å². The third-order valence-electron chi connectivity index (χ3n) is 9.56. The van der Waals surface area contributed by atoms with Crippen LogP contribution in [-0.4, -0.2) is 36.5 Å². The number of benzene rings is 6. The molecular formula is C37H29NO6Si. The lowest BCUT2D eigenvalue weighted by Crippen LogP contribution is -2.71. The van der Waals surface area contributed by atoms with Crippen LogP contribution in [0.2, 0.25) is 6.55 Å². The van der Waals surface area contributed by atoms with Gasteiger partial charge in [-0.15, -0.1) is 0 Å². The van der Waals surface area contributed by atoms with E-state index in [4.69, 9.17) is 28.4 Å². The summed E-state index contributed by atoms with van der Waals surface area (Å²) in [6, 6.07) is 29.1. The number of ether oxygens (including phenoxy) is 6. The van der Waals surface area contributed by atoms with E-state index in [0.717, 1.165) is 72.5 Å². The molecule has 0 aliphatic carbocycles. The molecule has 0 bridgehead atoms. The maximum absolute atomic E-state index is 6.76. The van der Waals surface area contributed by atoms with Gasteiger partial charge in [-0.2, -0.15) is 0 Å². The first-order chi connectivity index (χ1) is 22.0. The molecular weight excluding hydrogens is 582 g/mol. The van der Waals surface area contributed by atoms with Crippen molar-refractivity contribution < 1.29 is 28.4 Å². The number of anilines is 3. The van der Waals surface area contributed by atoms with E-state index < -0.39 is 8.07 Å². The van der Waals surface area contributed by atoms with Gasteiger partial charge in [0.25, 0.3) is 0 Å². The van der Waals surface area contributed by atoms with Crippen molar-refractivity contribution in [1.29, 1.82) is 0 Å². The Balaban J connectivity index is 1.49. The molecule has 3 aliphatic heterocycles. The molecule has 0 radical (unpaired) electrons. The van der Waals surface area contributed by atoms with Crippen LogP contribution in [0.3, 0.4) is 0 Å². The van der Waals surface area contributed by atoms with E-state index >= 15 is 0 Å². The summed E-state index contributed by atoms with van der Waals surface area (Å²) < 4.78 is 37.1. The maximum atomic E-state index is 6.76. The number of hydrogen-bond acceptors (Lipinski definition) is 7. The SMILES string of the molecule is COc1cc2c3c(c1)Oc1cc(OC)cc4c1[Si]3(C)c1c(cc(OC)cc1N4c1c3ccccc3c(OC)c3ccccc13)O2.